The molecule has 0 aliphatic heterocycles. The van der Waals surface area contributed by atoms with E-state index in [9.17, 15) is 0 Å². The molecule has 0 bridgehead atoms. The SMILES string of the molecule is CCCCCCCCCCCCCCC[C@H](/C=C/CO)OCOC. The van der Waals surface area contributed by atoms with Crippen molar-refractivity contribution in [3.05, 3.63) is 12.2 Å². The highest BCUT2D eigenvalue weighted by Crippen LogP contribution is 2.14. The summed E-state index contributed by atoms with van der Waals surface area (Å²) in [5.74, 6) is 0. The van der Waals surface area contributed by atoms with Crippen LogP contribution in [0.25, 0.3) is 0 Å². The Morgan fingerprint density at radius 1 is 0.792 bits per heavy atom. The molecule has 0 radical (unpaired) electrons. The summed E-state index contributed by atoms with van der Waals surface area (Å²) in [6.45, 7) is 2.67. The Labute approximate surface area is 150 Å². The fourth-order valence-corrected chi connectivity index (χ4v) is 2.97. The molecule has 0 aromatic rings. The van der Waals surface area contributed by atoms with Gasteiger partial charge in [0.1, 0.15) is 6.79 Å². The van der Waals surface area contributed by atoms with Crippen molar-refractivity contribution in [1.82, 2.24) is 0 Å². The molecule has 0 aromatic carbocycles. The summed E-state index contributed by atoms with van der Waals surface area (Å²) in [6.07, 6.45) is 22.6. The van der Waals surface area contributed by atoms with E-state index in [1.807, 2.05) is 6.08 Å². The number of hydrogen-bond donors (Lipinski definition) is 1. The summed E-state index contributed by atoms with van der Waals surface area (Å²) >= 11 is 0. The van der Waals surface area contributed by atoms with Gasteiger partial charge in [-0.15, -0.1) is 0 Å². The zero-order valence-electron chi connectivity index (χ0n) is 16.3. The normalized spacial score (nSPS) is 13.0. The van der Waals surface area contributed by atoms with Gasteiger partial charge in [0, 0.05) is 7.11 Å². The molecule has 3 nitrogen and oxygen atoms in total. The minimum absolute atomic E-state index is 0.0739. The Bertz CT molecular complexity index is 253. The van der Waals surface area contributed by atoms with Crippen molar-refractivity contribution in [2.45, 2.75) is 103 Å². The smallest absolute Gasteiger partial charge is 0.147 e. The van der Waals surface area contributed by atoms with Crippen LogP contribution >= 0.6 is 0 Å². The molecule has 0 rings (SSSR count). The second kappa shape index (κ2) is 20.7. The van der Waals surface area contributed by atoms with Crippen LogP contribution in [-0.4, -0.2) is 31.7 Å². The maximum Gasteiger partial charge on any atom is 0.147 e. The Kier molecular flexibility index (Phi) is 20.3. The van der Waals surface area contributed by atoms with Crippen LogP contribution < -0.4 is 0 Å². The standard InChI is InChI=1S/C21H42O3/c1-3-4-5-6-7-8-9-10-11-12-13-14-15-17-21(18-16-19-22)24-20-23-2/h16,18,21-22H,3-15,17,19-20H2,1-2H3/b18-16+/t21-/m1/s1. The Morgan fingerprint density at radius 3 is 1.75 bits per heavy atom. The molecule has 0 saturated heterocycles. The zero-order chi connectivity index (χ0) is 17.7. The van der Waals surface area contributed by atoms with E-state index in [1.165, 1.54) is 83.5 Å². The highest BCUT2D eigenvalue weighted by molar-refractivity contribution is 4.89. The molecular weight excluding hydrogens is 300 g/mol. The molecule has 0 saturated carbocycles. The maximum absolute atomic E-state index is 8.85. The summed E-state index contributed by atoms with van der Waals surface area (Å²) in [4.78, 5) is 0. The first-order chi connectivity index (χ1) is 11.8. The van der Waals surface area contributed by atoms with Gasteiger partial charge < -0.3 is 14.6 Å². The third kappa shape index (κ3) is 18.0. The molecule has 1 atom stereocenters. The predicted molar refractivity (Wildman–Crippen MR) is 103 cm³/mol. The Morgan fingerprint density at radius 2 is 1.29 bits per heavy atom. The minimum atomic E-state index is 0.0739. The van der Waals surface area contributed by atoms with Crippen LogP contribution in [0.2, 0.25) is 0 Å². The molecule has 3 heteroatoms. The van der Waals surface area contributed by atoms with E-state index in [0.717, 1.165) is 6.42 Å². The van der Waals surface area contributed by atoms with E-state index in [0.29, 0.717) is 6.79 Å². The predicted octanol–water partition coefficient (Wildman–Crippen LogP) is 6.01. The van der Waals surface area contributed by atoms with Crippen LogP contribution in [0.5, 0.6) is 0 Å². The van der Waals surface area contributed by atoms with Crippen LogP contribution in [0, 0.1) is 0 Å². The third-order valence-corrected chi connectivity index (χ3v) is 4.45. The van der Waals surface area contributed by atoms with Gasteiger partial charge in [0.05, 0.1) is 12.7 Å². The monoisotopic (exact) mass is 342 g/mol. The van der Waals surface area contributed by atoms with Crippen LogP contribution in [-0.2, 0) is 9.47 Å². The van der Waals surface area contributed by atoms with Gasteiger partial charge in [-0.05, 0) is 6.42 Å². The third-order valence-electron chi connectivity index (χ3n) is 4.45. The van der Waals surface area contributed by atoms with E-state index in [1.54, 1.807) is 13.2 Å². The molecule has 0 fully saturated rings. The van der Waals surface area contributed by atoms with Gasteiger partial charge in [-0.25, -0.2) is 0 Å². The maximum atomic E-state index is 8.85. The van der Waals surface area contributed by atoms with Gasteiger partial charge in [0.25, 0.3) is 0 Å². The number of aliphatic hydroxyl groups is 1. The van der Waals surface area contributed by atoms with Crippen molar-refractivity contribution in [1.29, 1.82) is 0 Å². The number of hydrogen-bond acceptors (Lipinski definition) is 3. The van der Waals surface area contributed by atoms with Gasteiger partial charge in [0.15, 0.2) is 0 Å². The molecule has 24 heavy (non-hydrogen) atoms. The lowest BCUT2D eigenvalue weighted by Gasteiger charge is -2.13. The van der Waals surface area contributed by atoms with E-state index in [-0.39, 0.29) is 12.7 Å². The van der Waals surface area contributed by atoms with Crippen LogP contribution in [0.3, 0.4) is 0 Å². The summed E-state index contributed by atoms with van der Waals surface area (Å²) < 4.78 is 10.5. The van der Waals surface area contributed by atoms with Crippen molar-refractivity contribution in [3.8, 4) is 0 Å². The summed E-state index contributed by atoms with van der Waals surface area (Å²) in [5.41, 5.74) is 0. The summed E-state index contributed by atoms with van der Waals surface area (Å²) in [7, 11) is 1.64. The van der Waals surface area contributed by atoms with Crippen molar-refractivity contribution < 1.29 is 14.6 Å². The number of ether oxygens (including phenoxy) is 2. The number of methoxy groups -OCH3 is 1. The first-order valence-electron chi connectivity index (χ1n) is 10.2. The number of rotatable bonds is 19. The quantitative estimate of drug-likeness (QED) is 0.178. The lowest BCUT2D eigenvalue weighted by Crippen LogP contribution is -2.12. The second-order valence-corrected chi connectivity index (χ2v) is 6.75. The molecule has 0 unspecified atom stereocenters. The van der Waals surface area contributed by atoms with E-state index < -0.39 is 0 Å². The molecule has 0 aromatic heterocycles. The van der Waals surface area contributed by atoms with Crippen molar-refractivity contribution in [2.24, 2.45) is 0 Å². The Hall–Kier alpha value is -0.380. The largest absolute Gasteiger partial charge is 0.392 e. The van der Waals surface area contributed by atoms with Gasteiger partial charge >= 0.3 is 0 Å². The van der Waals surface area contributed by atoms with Crippen molar-refractivity contribution >= 4 is 0 Å². The number of aliphatic hydroxyl groups excluding tert-OH is 1. The molecule has 0 spiro atoms. The molecule has 0 aliphatic rings. The van der Waals surface area contributed by atoms with Crippen LogP contribution in [0.4, 0.5) is 0 Å². The minimum Gasteiger partial charge on any atom is -0.392 e. The molecule has 1 N–H and O–H groups in total. The van der Waals surface area contributed by atoms with E-state index in [2.05, 4.69) is 6.92 Å². The fourth-order valence-electron chi connectivity index (χ4n) is 2.97. The molecule has 0 aliphatic carbocycles. The van der Waals surface area contributed by atoms with E-state index >= 15 is 0 Å². The average molecular weight is 343 g/mol. The highest BCUT2D eigenvalue weighted by Gasteiger charge is 2.04. The Balaban J connectivity index is 3.34. The summed E-state index contributed by atoms with van der Waals surface area (Å²) in [5, 5.41) is 8.85. The molecule has 0 amide bonds. The van der Waals surface area contributed by atoms with Crippen LogP contribution in [0.15, 0.2) is 12.2 Å². The molecule has 0 heterocycles. The fraction of sp³-hybridized carbons (Fsp3) is 0.905. The first-order valence-corrected chi connectivity index (χ1v) is 10.2. The highest BCUT2D eigenvalue weighted by atomic mass is 16.7. The van der Waals surface area contributed by atoms with E-state index in [4.69, 9.17) is 14.6 Å². The average Bonchev–Trinajstić information content (AvgIpc) is 2.60. The summed E-state index contributed by atoms with van der Waals surface area (Å²) in [6, 6.07) is 0. The van der Waals surface area contributed by atoms with Crippen LogP contribution in [0.1, 0.15) is 96.8 Å². The second-order valence-electron chi connectivity index (χ2n) is 6.75. The van der Waals surface area contributed by atoms with Crippen molar-refractivity contribution in [2.75, 3.05) is 20.5 Å². The molecule has 144 valence electrons. The van der Waals surface area contributed by atoms with Gasteiger partial charge in [-0.2, -0.15) is 0 Å². The van der Waals surface area contributed by atoms with Gasteiger partial charge in [-0.1, -0.05) is 103 Å². The lowest BCUT2D eigenvalue weighted by molar-refractivity contribution is -0.0581. The number of unbranched alkanes of at least 4 members (excludes halogenated alkanes) is 12. The van der Waals surface area contributed by atoms with Crippen molar-refractivity contribution in [3.63, 3.8) is 0 Å². The van der Waals surface area contributed by atoms with Gasteiger partial charge in [0.2, 0.25) is 0 Å². The topological polar surface area (TPSA) is 38.7 Å². The molecular formula is C21H42O3. The first kappa shape index (κ1) is 23.6. The zero-order valence-corrected chi connectivity index (χ0v) is 16.3. The van der Waals surface area contributed by atoms with Gasteiger partial charge in [-0.3, -0.25) is 0 Å². The lowest BCUT2D eigenvalue weighted by atomic mass is 10.0.